The van der Waals surface area contributed by atoms with E-state index in [1.54, 1.807) is 22.7 Å². The summed E-state index contributed by atoms with van der Waals surface area (Å²) in [7, 11) is 0. The third-order valence-electron chi connectivity index (χ3n) is 2.91. The summed E-state index contributed by atoms with van der Waals surface area (Å²) in [5.41, 5.74) is 6.92. The van der Waals surface area contributed by atoms with Gasteiger partial charge in [-0.2, -0.15) is 4.98 Å². The summed E-state index contributed by atoms with van der Waals surface area (Å²) in [5.74, 6) is 0.0837. The first-order chi connectivity index (χ1) is 9.15. The number of benzene rings is 1. The van der Waals surface area contributed by atoms with Crippen LogP contribution in [0.4, 0.5) is 10.2 Å². The average molecular weight is 275 g/mol. The molecule has 1 aromatic carbocycles. The predicted molar refractivity (Wildman–Crippen MR) is 73.0 cm³/mol. The fourth-order valence-electron chi connectivity index (χ4n) is 1.92. The third kappa shape index (κ3) is 2.10. The number of hydrogen-bond donors (Lipinski definition) is 1. The Hall–Kier alpha value is -2.21. The SMILES string of the molecule is Nc1c(Cc2ccc(F)cc2)c(=O)nc2sccn12. The number of fused-ring (bicyclic) bond motifs is 1. The second kappa shape index (κ2) is 4.47. The van der Waals surface area contributed by atoms with Crippen LogP contribution in [0.1, 0.15) is 11.1 Å². The summed E-state index contributed by atoms with van der Waals surface area (Å²) >= 11 is 1.35. The van der Waals surface area contributed by atoms with E-state index in [0.29, 0.717) is 22.8 Å². The van der Waals surface area contributed by atoms with Crippen LogP contribution in [0.5, 0.6) is 0 Å². The molecule has 2 heterocycles. The zero-order valence-electron chi connectivity index (χ0n) is 9.84. The van der Waals surface area contributed by atoms with Gasteiger partial charge in [0.1, 0.15) is 11.6 Å². The number of nitrogens with zero attached hydrogens (tertiary/aromatic N) is 2. The van der Waals surface area contributed by atoms with Crippen LogP contribution in [-0.2, 0) is 6.42 Å². The van der Waals surface area contributed by atoms with Crippen LogP contribution in [0.25, 0.3) is 4.96 Å². The number of nitrogen functional groups attached to an aromatic ring is 1. The zero-order chi connectivity index (χ0) is 13.4. The molecule has 0 spiro atoms. The second-order valence-corrected chi connectivity index (χ2v) is 5.01. The van der Waals surface area contributed by atoms with Crippen molar-refractivity contribution in [3.63, 3.8) is 0 Å². The number of thiazole rings is 1. The minimum absolute atomic E-state index is 0.306. The van der Waals surface area contributed by atoms with Gasteiger partial charge in [-0.25, -0.2) is 4.39 Å². The average Bonchev–Trinajstić information content (AvgIpc) is 2.85. The van der Waals surface area contributed by atoms with Crippen molar-refractivity contribution in [3.8, 4) is 0 Å². The molecule has 0 unspecified atom stereocenters. The molecular formula is C13H10FN3OS. The topological polar surface area (TPSA) is 60.4 Å². The number of halogens is 1. The van der Waals surface area contributed by atoms with Gasteiger partial charge < -0.3 is 5.73 Å². The molecule has 0 bridgehead atoms. The van der Waals surface area contributed by atoms with Gasteiger partial charge in [0.2, 0.25) is 0 Å². The zero-order valence-corrected chi connectivity index (χ0v) is 10.7. The van der Waals surface area contributed by atoms with Crippen LogP contribution in [0.15, 0.2) is 40.6 Å². The van der Waals surface area contributed by atoms with E-state index in [9.17, 15) is 9.18 Å². The Labute approximate surface area is 112 Å². The van der Waals surface area contributed by atoms with Gasteiger partial charge >= 0.3 is 0 Å². The Morgan fingerprint density at radius 3 is 2.79 bits per heavy atom. The molecular weight excluding hydrogens is 265 g/mol. The molecule has 0 aliphatic carbocycles. The Bertz CT molecular complexity index is 792. The van der Waals surface area contributed by atoms with E-state index in [0.717, 1.165) is 5.56 Å². The molecule has 6 heteroatoms. The molecule has 0 fully saturated rings. The van der Waals surface area contributed by atoms with Crippen molar-refractivity contribution in [2.24, 2.45) is 0 Å². The van der Waals surface area contributed by atoms with E-state index >= 15 is 0 Å². The predicted octanol–water partition coefficient (Wildman–Crippen LogP) is 2.07. The van der Waals surface area contributed by atoms with Crippen molar-refractivity contribution in [3.05, 3.63) is 63.1 Å². The number of anilines is 1. The lowest BCUT2D eigenvalue weighted by molar-refractivity contribution is 0.627. The lowest BCUT2D eigenvalue weighted by Gasteiger charge is -2.06. The van der Waals surface area contributed by atoms with Crippen LogP contribution in [-0.4, -0.2) is 9.38 Å². The molecule has 0 saturated carbocycles. The standard InChI is InChI=1S/C13H10FN3OS/c14-9-3-1-8(2-4-9)7-10-11(15)17-5-6-19-13(17)16-12(10)18/h1-6H,7,15H2. The van der Waals surface area contributed by atoms with Gasteiger partial charge in [-0.05, 0) is 17.7 Å². The Morgan fingerprint density at radius 1 is 1.32 bits per heavy atom. The summed E-state index contributed by atoms with van der Waals surface area (Å²) in [4.78, 5) is 16.5. The lowest BCUT2D eigenvalue weighted by atomic mass is 10.1. The summed E-state index contributed by atoms with van der Waals surface area (Å²) in [6, 6.07) is 5.99. The minimum Gasteiger partial charge on any atom is -0.384 e. The van der Waals surface area contributed by atoms with E-state index in [1.807, 2.05) is 5.38 Å². The normalized spacial score (nSPS) is 11.0. The molecule has 2 aromatic heterocycles. The van der Waals surface area contributed by atoms with Crippen LogP contribution >= 0.6 is 11.3 Å². The van der Waals surface area contributed by atoms with Crippen LogP contribution in [0.2, 0.25) is 0 Å². The van der Waals surface area contributed by atoms with Crippen LogP contribution in [0, 0.1) is 5.82 Å². The number of hydrogen-bond acceptors (Lipinski definition) is 4. The fourth-order valence-corrected chi connectivity index (χ4v) is 2.63. The Morgan fingerprint density at radius 2 is 2.05 bits per heavy atom. The van der Waals surface area contributed by atoms with Gasteiger partial charge in [0.05, 0.1) is 5.56 Å². The quantitative estimate of drug-likeness (QED) is 0.779. The fraction of sp³-hybridized carbons (Fsp3) is 0.0769. The molecule has 96 valence electrons. The highest BCUT2D eigenvalue weighted by atomic mass is 32.1. The molecule has 4 nitrogen and oxygen atoms in total. The van der Waals surface area contributed by atoms with Gasteiger partial charge in [0, 0.05) is 18.0 Å². The molecule has 2 N–H and O–H groups in total. The van der Waals surface area contributed by atoms with E-state index < -0.39 is 0 Å². The van der Waals surface area contributed by atoms with Gasteiger partial charge in [-0.3, -0.25) is 9.20 Å². The first-order valence-corrected chi connectivity index (χ1v) is 6.52. The Balaban J connectivity index is 2.09. The van der Waals surface area contributed by atoms with Gasteiger partial charge in [-0.15, -0.1) is 11.3 Å². The molecule has 19 heavy (non-hydrogen) atoms. The molecule has 0 saturated heterocycles. The molecule has 3 rings (SSSR count). The van der Waals surface area contributed by atoms with Crippen molar-refractivity contribution in [1.82, 2.24) is 9.38 Å². The van der Waals surface area contributed by atoms with Crippen LogP contribution in [0.3, 0.4) is 0 Å². The maximum Gasteiger partial charge on any atom is 0.279 e. The maximum absolute atomic E-state index is 12.8. The van der Waals surface area contributed by atoms with E-state index in [4.69, 9.17) is 5.73 Å². The van der Waals surface area contributed by atoms with E-state index in [2.05, 4.69) is 4.98 Å². The molecule has 0 radical (unpaired) electrons. The van der Waals surface area contributed by atoms with E-state index in [-0.39, 0.29) is 11.4 Å². The smallest absolute Gasteiger partial charge is 0.279 e. The maximum atomic E-state index is 12.8. The molecule has 3 aromatic rings. The molecule has 0 aliphatic rings. The summed E-state index contributed by atoms with van der Waals surface area (Å²) < 4.78 is 14.5. The Kier molecular flexibility index (Phi) is 2.79. The van der Waals surface area contributed by atoms with Crippen LogP contribution < -0.4 is 11.3 Å². The van der Waals surface area contributed by atoms with E-state index in [1.165, 1.54) is 23.5 Å². The third-order valence-corrected chi connectivity index (χ3v) is 3.66. The molecule has 0 atom stereocenters. The van der Waals surface area contributed by atoms with Crippen molar-refractivity contribution < 1.29 is 4.39 Å². The molecule has 0 amide bonds. The summed E-state index contributed by atoms with van der Waals surface area (Å²) in [5, 5.41) is 1.82. The minimum atomic E-state index is -0.329. The first kappa shape index (κ1) is 11.9. The highest BCUT2D eigenvalue weighted by molar-refractivity contribution is 7.15. The number of rotatable bonds is 2. The van der Waals surface area contributed by atoms with Gasteiger partial charge in [-0.1, -0.05) is 12.1 Å². The van der Waals surface area contributed by atoms with Crippen molar-refractivity contribution >= 4 is 22.1 Å². The molecule has 0 aliphatic heterocycles. The second-order valence-electron chi connectivity index (χ2n) is 4.14. The van der Waals surface area contributed by atoms with Crippen molar-refractivity contribution in [2.45, 2.75) is 6.42 Å². The summed E-state index contributed by atoms with van der Waals surface area (Å²) in [6.45, 7) is 0. The number of aromatic nitrogens is 2. The monoisotopic (exact) mass is 275 g/mol. The van der Waals surface area contributed by atoms with Gasteiger partial charge in [0.25, 0.3) is 5.56 Å². The largest absolute Gasteiger partial charge is 0.384 e. The van der Waals surface area contributed by atoms with Crippen molar-refractivity contribution in [2.75, 3.05) is 5.73 Å². The highest BCUT2D eigenvalue weighted by Gasteiger charge is 2.11. The first-order valence-electron chi connectivity index (χ1n) is 5.64. The lowest BCUT2D eigenvalue weighted by Crippen LogP contribution is -2.18. The van der Waals surface area contributed by atoms with Crippen molar-refractivity contribution in [1.29, 1.82) is 0 Å². The number of nitrogens with two attached hydrogens (primary N) is 1. The van der Waals surface area contributed by atoms with Gasteiger partial charge in [0.15, 0.2) is 4.96 Å². The highest BCUT2D eigenvalue weighted by Crippen LogP contribution is 2.17. The summed E-state index contributed by atoms with van der Waals surface area (Å²) in [6.07, 6.45) is 2.12.